The van der Waals surface area contributed by atoms with Gasteiger partial charge in [0.1, 0.15) is 0 Å². The third kappa shape index (κ3) is 5.07. The number of epoxide rings is 1. The quantitative estimate of drug-likeness (QED) is 0.305. The van der Waals surface area contributed by atoms with E-state index in [2.05, 4.69) is 39.5 Å². The van der Waals surface area contributed by atoms with Crippen molar-refractivity contribution in [1.29, 1.82) is 0 Å². The van der Waals surface area contributed by atoms with Gasteiger partial charge in [0.05, 0.1) is 18.8 Å². The Morgan fingerprint density at radius 1 is 1.25 bits per heavy atom. The maximum atomic E-state index is 11.9. The molecule has 0 radical (unpaired) electrons. The number of fused-ring (bicyclic) bond motifs is 1. The Hall–Kier alpha value is -1.35. The lowest BCUT2D eigenvalue weighted by atomic mass is 9.85. The summed E-state index contributed by atoms with van der Waals surface area (Å²) in [6.07, 6.45) is 12.0. The fourth-order valence-electron chi connectivity index (χ4n) is 3.56. The summed E-state index contributed by atoms with van der Waals surface area (Å²) in [4.78, 5) is 11.9. The average molecular weight is 332 g/mol. The van der Waals surface area contributed by atoms with Gasteiger partial charge in [-0.25, -0.2) is 4.79 Å². The highest BCUT2D eigenvalue weighted by molar-refractivity contribution is 5.88. The van der Waals surface area contributed by atoms with Crippen LogP contribution in [0.25, 0.3) is 0 Å². The van der Waals surface area contributed by atoms with Crippen LogP contribution in [0.15, 0.2) is 35.5 Å². The van der Waals surface area contributed by atoms with E-state index < -0.39 is 0 Å². The van der Waals surface area contributed by atoms with Gasteiger partial charge in [-0.05, 0) is 71.6 Å². The predicted octanol–water partition coefficient (Wildman–Crippen LogP) is 5.13. The minimum absolute atomic E-state index is 0.0412. The fourth-order valence-corrected chi connectivity index (χ4v) is 3.56. The molecular weight excluding hydrogens is 300 g/mol. The molecule has 0 saturated carbocycles. The molecule has 1 aliphatic heterocycles. The highest BCUT2D eigenvalue weighted by atomic mass is 16.6. The van der Waals surface area contributed by atoms with E-state index in [1.807, 2.05) is 0 Å². The van der Waals surface area contributed by atoms with Gasteiger partial charge in [0.25, 0.3) is 0 Å². The molecule has 1 heterocycles. The van der Waals surface area contributed by atoms with Crippen LogP contribution in [0.2, 0.25) is 0 Å². The van der Waals surface area contributed by atoms with E-state index in [-0.39, 0.29) is 23.6 Å². The molecule has 0 aromatic carbocycles. The van der Waals surface area contributed by atoms with Gasteiger partial charge in [0.2, 0.25) is 0 Å². The highest BCUT2D eigenvalue weighted by Crippen LogP contribution is 2.45. The van der Waals surface area contributed by atoms with Crippen LogP contribution < -0.4 is 0 Å². The van der Waals surface area contributed by atoms with Gasteiger partial charge in [-0.1, -0.05) is 29.9 Å². The number of esters is 1. The van der Waals surface area contributed by atoms with E-state index in [0.29, 0.717) is 5.57 Å². The van der Waals surface area contributed by atoms with Crippen molar-refractivity contribution in [2.24, 2.45) is 5.92 Å². The molecular formula is C21H32O3. The van der Waals surface area contributed by atoms with Crippen LogP contribution in [-0.4, -0.2) is 24.8 Å². The number of rotatable bonds is 2. The van der Waals surface area contributed by atoms with E-state index in [9.17, 15) is 4.79 Å². The zero-order valence-corrected chi connectivity index (χ0v) is 15.7. The Bertz CT molecular complexity index is 543. The molecule has 0 unspecified atom stereocenters. The molecule has 0 bridgehead atoms. The predicted molar refractivity (Wildman–Crippen MR) is 97.8 cm³/mol. The van der Waals surface area contributed by atoms with Crippen molar-refractivity contribution in [3.8, 4) is 0 Å². The summed E-state index contributed by atoms with van der Waals surface area (Å²) in [5, 5.41) is 0. The lowest BCUT2D eigenvalue weighted by Crippen LogP contribution is -2.19. The van der Waals surface area contributed by atoms with Crippen molar-refractivity contribution in [3.05, 3.63) is 35.5 Å². The Morgan fingerprint density at radius 2 is 1.92 bits per heavy atom. The lowest BCUT2D eigenvalue weighted by Gasteiger charge is -2.18. The van der Waals surface area contributed by atoms with Crippen molar-refractivity contribution >= 4 is 5.97 Å². The number of carbonyl (C=O) groups is 1. The monoisotopic (exact) mass is 332 g/mol. The molecule has 1 aliphatic carbocycles. The molecule has 2 rings (SSSR count). The van der Waals surface area contributed by atoms with E-state index in [1.54, 1.807) is 0 Å². The van der Waals surface area contributed by atoms with Gasteiger partial charge in [0, 0.05) is 5.57 Å². The summed E-state index contributed by atoms with van der Waals surface area (Å²) in [5.74, 6) is -0.156. The Morgan fingerprint density at radius 3 is 2.62 bits per heavy atom. The molecule has 0 aromatic heterocycles. The molecule has 1 fully saturated rings. The van der Waals surface area contributed by atoms with Crippen LogP contribution in [0.4, 0.5) is 0 Å². The fraction of sp³-hybridized carbons (Fsp3) is 0.667. The molecule has 134 valence electrons. The molecule has 3 nitrogen and oxygen atoms in total. The second-order valence-corrected chi connectivity index (χ2v) is 7.59. The average Bonchev–Trinajstić information content (AvgIpc) is 3.18. The molecule has 0 aromatic rings. The molecule has 3 atom stereocenters. The van der Waals surface area contributed by atoms with Gasteiger partial charge >= 0.3 is 5.97 Å². The SMILES string of the molecule is C=C(C(=O)OC)[C@H]1CC/C(C)=C/CC/C(C)=C/CC[C@@]2(C)O[C@H]2C1. The van der Waals surface area contributed by atoms with Crippen LogP contribution in [0.5, 0.6) is 0 Å². The lowest BCUT2D eigenvalue weighted by molar-refractivity contribution is -0.136. The van der Waals surface area contributed by atoms with E-state index in [1.165, 1.54) is 18.3 Å². The maximum absolute atomic E-state index is 11.9. The van der Waals surface area contributed by atoms with E-state index >= 15 is 0 Å². The summed E-state index contributed by atoms with van der Waals surface area (Å²) in [7, 11) is 1.42. The maximum Gasteiger partial charge on any atom is 0.333 e. The molecule has 2 aliphatic rings. The highest BCUT2D eigenvalue weighted by Gasteiger charge is 2.52. The first kappa shape index (κ1) is 19.0. The summed E-state index contributed by atoms with van der Waals surface area (Å²) in [6.45, 7) is 10.6. The third-order valence-electron chi connectivity index (χ3n) is 5.53. The molecule has 1 saturated heterocycles. The van der Waals surface area contributed by atoms with Crippen molar-refractivity contribution in [1.82, 2.24) is 0 Å². The van der Waals surface area contributed by atoms with Crippen LogP contribution in [0.3, 0.4) is 0 Å². The molecule has 24 heavy (non-hydrogen) atoms. The normalized spacial score (nSPS) is 36.2. The van der Waals surface area contributed by atoms with Crippen molar-refractivity contribution in [2.45, 2.75) is 77.4 Å². The number of hydrogen-bond acceptors (Lipinski definition) is 3. The summed E-state index contributed by atoms with van der Waals surface area (Å²) < 4.78 is 10.9. The second-order valence-electron chi connectivity index (χ2n) is 7.59. The smallest absolute Gasteiger partial charge is 0.333 e. The standard InChI is InChI=1S/C21H32O3/c1-15-8-6-9-16(2)11-12-18(17(3)20(22)23-5)14-19-21(4,24-19)13-7-10-15/h9-10,18-19H,3,6-8,11-14H2,1-2,4-5H3/b15-10+,16-9+/t18-,19-,21+/m0/s1. The summed E-state index contributed by atoms with van der Waals surface area (Å²) >= 11 is 0. The Kier molecular flexibility index (Phi) is 6.45. The van der Waals surface area contributed by atoms with Crippen LogP contribution in [0.1, 0.15) is 65.7 Å². The topological polar surface area (TPSA) is 38.8 Å². The van der Waals surface area contributed by atoms with Gasteiger partial charge in [-0.15, -0.1) is 0 Å². The first-order valence-electron chi connectivity index (χ1n) is 9.12. The number of carbonyl (C=O) groups excluding carboxylic acids is 1. The van der Waals surface area contributed by atoms with E-state index in [0.717, 1.165) is 44.9 Å². The minimum Gasteiger partial charge on any atom is -0.466 e. The van der Waals surface area contributed by atoms with Gasteiger partial charge in [-0.2, -0.15) is 0 Å². The third-order valence-corrected chi connectivity index (χ3v) is 5.53. The summed E-state index contributed by atoms with van der Waals surface area (Å²) in [6, 6.07) is 0. The largest absolute Gasteiger partial charge is 0.466 e. The second kappa shape index (κ2) is 8.15. The van der Waals surface area contributed by atoms with Gasteiger partial charge in [-0.3, -0.25) is 0 Å². The van der Waals surface area contributed by atoms with Crippen molar-refractivity contribution in [2.75, 3.05) is 7.11 Å². The first-order valence-corrected chi connectivity index (χ1v) is 9.12. The van der Waals surface area contributed by atoms with Crippen molar-refractivity contribution < 1.29 is 14.3 Å². The first-order chi connectivity index (χ1) is 11.4. The number of allylic oxidation sites excluding steroid dienone is 4. The zero-order valence-electron chi connectivity index (χ0n) is 15.7. The van der Waals surface area contributed by atoms with Crippen LogP contribution >= 0.6 is 0 Å². The van der Waals surface area contributed by atoms with Crippen LogP contribution in [-0.2, 0) is 14.3 Å². The summed E-state index contributed by atoms with van der Waals surface area (Å²) in [5.41, 5.74) is 3.40. The van der Waals surface area contributed by atoms with Gasteiger partial charge in [0.15, 0.2) is 0 Å². The molecule has 0 amide bonds. The molecule has 0 N–H and O–H groups in total. The van der Waals surface area contributed by atoms with Crippen molar-refractivity contribution in [3.63, 3.8) is 0 Å². The van der Waals surface area contributed by atoms with Gasteiger partial charge < -0.3 is 9.47 Å². The van der Waals surface area contributed by atoms with Crippen LogP contribution in [0, 0.1) is 5.92 Å². The Balaban J connectivity index is 2.11. The minimum atomic E-state index is -0.288. The molecule has 0 spiro atoms. The number of methoxy groups -OCH3 is 1. The number of ether oxygens (including phenoxy) is 2. The zero-order chi connectivity index (χ0) is 17.7. The molecule has 3 heteroatoms. The van der Waals surface area contributed by atoms with E-state index in [4.69, 9.17) is 9.47 Å². The Labute approximate surface area is 146 Å². The number of hydrogen-bond donors (Lipinski definition) is 0.